The van der Waals surface area contributed by atoms with Crippen molar-refractivity contribution in [3.63, 3.8) is 0 Å². The van der Waals surface area contributed by atoms with Gasteiger partial charge in [0.05, 0.1) is 0 Å². The highest BCUT2D eigenvalue weighted by Gasteiger charge is 2.17. The number of benzene rings is 1. The quantitative estimate of drug-likeness (QED) is 0.571. The van der Waals surface area contributed by atoms with Crippen LogP contribution in [0.2, 0.25) is 0 Å². The Bertz CT molecular complexity index is 997. The second-order valence-corrected chi connectivity index (χ2v) is 7.06. The van der Waals surface area contributed by atoms with Crippen molar-refractivity contribution in [3.8, 4) is 28.7 Å². The monoisotopic (exact) mass is 410 g/mol. The van der Waals surface area contributed by atoms with Crippen LogP contribution >= 0.6 is 0 Å². The minimum absolute atomic E-state index is 0.378. The van der Waals surface area contributed by atoms with Crippen molar-refractivity contribution >= 4 is 5.95 Å². The standard InChI is InChI=1S/C22H30N6O2/c1-6-16-13-17(11-14(4)19(16)29-10-9-23)20-26-21(30-27-20)18-12-15(5)24-22(25-18)28(7-2)8-3/h11-13H,6-10,23H2,1-5H3. The summed E-state index contributed by atoms with van der Waals surface area (Å²) in [7, 11) is 0. The van der Waals surface area contributed by atoms with Gasteiger partial charge in [0.2, 0.25) is 11.8 Å². The Balaban J connectivity index is 1.96. The normalized spacial score (nSPS) is 11.0. The van der Waals surface area contributed by atoms with Gasteiger partial charge in [-0.05, 0) is 63.4 Å². The van der Waals surface area contributed by atoms with E-state index in [0.29, 0.717) is 36.5 Å². The average Bonchev–Trinajstić information content (AvgIpc) is 3.23. The van der Waals surface area contributed by atoms with E-state index in [1.807, 2.05) is 32.0 Å². The van der Waals surface area contributed by atoms with Gasteiger partial charge in [0.25, 0.3) is 5.89 Å². The molecule has 0 saturated carbocycles. The van der Waals surface area contributed by atoms with Gasteiger partial charge in [0.1, 0.15) is 18.1 Å². The lowest BCUT2D eigenvalue weighted by Crippen LogP contribution is -2.24. The summed E-state index contributed by atoms with van der Waals surface area (Å²) in [5.41, 5.74) is 10.1. The number of hydrogen-bond acceptors (Lipinski definition) is 8. The zero-order valence-electron chi connectivity index (χ0n) is 18.4. The second-order valence-electron chi connectivity index (χ2n) is 7.06. The number of nitrogens with zero attached hydrogens (tertiary/aromatic N) is 5. The molecular formula is C22H30N6O2. The van der Waals surface area contributed by atoms with Crippen LogP contribution in [0.3, 0.4) is 0 Å². The van der Waals surface area contributed by atoms with E-state index >= 15 is 0 Å². The fraction of sp³-hybridized carbons (Fsp3) is 0.455. The molecule has 0 amide bonds. The van der Waals surface area contributed by atoms with Gasteiger partial charge in [-0.2, -0.15) is 4.98 Å². The molecule has 2 aromatic heterocycles. The number of anilines is 1. The minimum atomic E-state index is 0.378. The lowest BCUT2D eigenvalue weighted by molar-refractivity contribution is 0.323. The van der Waals surface area contributed by atoms with Crippen LogP contribution in [0, 0.1) is 13.8 Å². The van der Waals surface area contributed by atoms with Crippen LogP contribution in [0.15, 0.2) is 22.7 Å². The number of ether oxygens (including phenoxy) is 1. The van der Waals surface area contributed by atoms with Crippen molar-refractivity contribution in [2.24, 2.45) is 5.73 Å². The predicted octanol–water partition coefficient (Wildman–Crippen LogP) is 3.56. The van der Waals surface area contributed by atoms with Crippen LogP contribution in [0.25, 0.3) is 23.0 Å². The van der Waals surface area contributed by atoms with E-state index in [-0.39, 0.29) is 0 Å². The predicted molar refractivity (Wildman–Crippen MR) is 118 cm³/mol. The highest BCUT2D eigenvalue weighted by Crippen LogP contribution is 2.31. The van der Waals surface area contributed by atoms with Crippen LogP contribution < -0.4 is 15.4 Å². The first-order valence-electron chi connectivity index (χ1n) is 10.4. The molecule has 2 N–H and O–H groups in total. The van der Waals surface area contributed by atoms with Gasteiger partial charge >= 0.3 is 0 Å². The highest BCUT2D eigenvalue weighted by atomic mass is 16.5. The SMILES string of the molecule is CCc1cc(-c2noc(-c3cc(C)nc(N(CC)CC)n3)n2)cc(C)c1OCCN. The molecule has 0 aliphatic carbocycles. The lowest BCUT2D eigenvalue weighted by atomic mass is 10.0. The zero-order valence-corrected chi connectivity index (χ0v) is 18.4. The number of aryl methyl sites for hydroxylation is 3. The second kappa shape index (κ2) is 9.67. The van der Waals surface area contributed by atoms with Crippen molar-refractivity contribution < 1.29 is 9.26 Å². The van der Waals surface area contributed by atoms with Gasteiger partial charge in [0.15, 0.2) is 0 Å². The Labute approximate surface area is 177 Å². The molecule has 0 aliphatic heterocycles. The summed E-state index contributed by atoms with van der Waals surface area (Å²) in [6.45, 7) is 12.8. The summed E-state index contributed by atoms with van der Waals surface area (Å²) in [5.74, 6) is 2.45. The molecule has 3 rings (SSSR count). The van der Waals surface area contributed by atoms with Crippen molar-refractivity contribution in [1.82, 2.24) is 20.1 Å². The van der Waals surface area contributed by atoms with Crippen LogP contribution in [0.1, 0.15) is 37.6 Å². The van der Waals surface area contributed by atoms with Gasteiger partial charge in [-0.15, -0.1) is 0 Å². The Hall–Kier alpha value is -3.00. The van der Waals surface area contributed by atoms with Crippen molar-refractivity contribution in [3.05, 3.63) is 35.0 Å². The molecule has 0 unspecified atom stereocenters. The van der Waals surface area contributed by atoms with Gasteiger partial charge in [-0.1, -0.05) is 12.1 Å². The smallest absolute Gasteiger partial charge is 0.277 e. The van der Waals surface area contributed by atoms with Crippen molar-refractivity contribution in [1.29, 1.82) is 0 Å². The number of rotatable bonds is 9. The van der Waals surface area contributed by atoms with E-state index in [2.05, 4.69) is 45.8 Å². The average molecular weight is 411 g/mol. The van der Waals surface area contributed by atoms with E-state index in [4.69, 9.17) is 15.0 Å². The molecule has 3 aromatic rings. The summed E-state index contributed by atoms with van der Waals surface area (Å²) in [5, 5.41) is 4.19. The van der Waals surface area contributed by atoms with E-state index in [0.717, 1.165) is 47.6 Å². The van der Waals surface area contributed by atoms with Crippen molar-refractivity contribution in [2.75, 3.05) is 31.1 Å². The first-order chi connectivity index (χ1) is 14.5. The Morgan fingerprint density at radius 1 is 1.03 bits per heavy atom. The molecular weight excluding hydrogens is 380 g/mol. The molecule has 0 spiro atoms. The third-order valence-electron chi connectivity index (χ3n) is 4.89. The van der Waals surface area contributed by atoms with Crippen LogP contribution in [0.5, 0.6) is 5.75 Å². The fourth-order valence-corrected chi connectivity index (χ4v) is 3.36. The maximum Gasteiger partial charge on any atom is 0.277 e. The maximum absolute atomic E-state index is 5.83. The first kappa shape index (κ1) is 21.7. The Kier molecular flexibility index (Phi) is 6.99. The molecule has 0 saturated heterocycles. The first-order valence-corrected chi connectivity index (χ1v) is 10.4. The Morgan fingerprint density at radius 2 is 1.80 bits per heavy atom. The third-order valence-corrected chi connectivity index (χ3v) is 4.89. The maximum atomic E-state index is 5.83. The molecule has 1 aromatic carbocycles. The number of hydrogen-bond donors (Lipinski definition) is 1. The summed E-state index contributed by atoms with van der Waals surface area (Å²) in [6.07, 6.45) is 0.831. The fourth-order valence-electron chi connectivity index (χ4n) is 3.36. The van der Waals surface area contributed by atoms with Gasteiger partial charge in [0, 0.05) is 30.9 Å². The zero-order chi connectivity index (χ0) is 21.7. The molecule has 8 heteroatoms. The number of aromatic nitrogens is 4. The topological polar surface area (TPSA) is 103 Å². The largest absolute Gasteiger partial charge is 0.492 e. The van der Waals surface area contributed by atoms with Gasteiger partial charge in [-0.3, -0.25) is 0 Å². The van der Waals surface area contributed by atoms with Crippen LogP contribution in [-0.4, -0.2) is 46.3 Å². The van der Waals surface area contributed by atoms with E-state index in [1.54, 1.807) is 0 Å². The van der Waals surface area contributed by atoms with Crippen molar-refractivity contribution in [2.45, 2.75) is 41.0 Å². The van der Waals surface area contributed by atoms with Crippen LogP contribution in [-0.2, 0) is 6.42 Å². The van der Waals surface area contributed by atoms with Gasteiger partial charge < -0.3 is 19.9 Å². The molecule has 0 radical (unpaired) electrons. The molecule has 0 atom stereocenters. The van der Waals surface area contributed by atoms with Crippen LogP contribution in [0.4, 0.5) is 5.95 Å². The highest BCUT2D eigenvalue weighted by molar-refractivity contribution is 5.63. The molecule has 0 fully saturated rings. The molecule has 30 heavy (non-hydrogen) atoms. The Morgan fingerprint density at radius 3 is 2.47 bits per heavy atom. The molecule has 160 valence electrons. The number of nitrogens with two attached hydrogens (primary N) is 1. The van der Waals surface area contributed by atoms with E-state index in [9.17, 15) is 0 Å². The summed E-state index contributed by atoms with van der Waals surface area (Å²) < 4.78 is 11.4. The summed E-state index contributed by atoms with van der Waals surface area (Å²) >= 11 is 0. The summed E-state index contributed by atoms with van der Waals surface area (Å²) in [4.78, 5) is 15.9. The lowest BCUT2D eigenvalue weighted by Gasteiger charge is -2.18. The summed E-state index contributed by atoms with van der Waals surface area (Å²) in [6, 6.07) is 5.91. The van der Waals surface area contributed by atoms with E-state index in [1.165, 1.54) is 0 Å². The minimum Gasteiger partial charge on any atom is -0.492 e. The third kappa shape index (κ3) is 4.59. The molecule has 8 nitrogen and oxygen atoms in total. The van der Waals surface area contributed by atoms with Gasteiger partial charge in [-0.25, -0.2) is 9.97 Å². The molecule has 0 bridgehead atoms. The molecule has 0 aliphatic rings. The molecule has 2 heterocycles. The van der Waals surface area contributed by atoms with E-state index < -0.39 is 0 Å².